The van der Waals surface area contributed by atoms with Gasteiger partial charge < -0.3 is 29.7 Å². The molecule has 1 saturated heterocycles. The summed E-state index contributed by atoms with van der Waals surface area (Å²) in [5.74, 6) is 2.15. The number of benzene rings is 2. The standard InChI is InChI=1S/C28H31N5O5/c1-36-23-12-11-19(15-24(23)37-2)29-25-21-5-4-6-22(21)31-28(32-25)33-14-13-20(16-33)30-26(34)17-7-9-18(10-8-17)27(35)38-3/h7-12,15,20H,4-6,13-14,16H2,1-3H3,(H,30,34)(H,29,31,32). The van der Waals surface area contributed by atoms with Crippen molar-refractivity contribution < 1.29 is 23.8 Å². The number of carbonyl (C=O) groups excluding carboxylic acids is 2. The third-order valence-electron chi connectivity index (χ3n) is 6.94. The molecule has 3 aromatic rings. The Morgan fingerprint density at radius 3 is 2.45 bits per heavy atom. The molecule has 1 aromatic heterocycles. The van der Waals surface area contributed by atoms with Crippen molar-refractivity contribution in [1.82, 2.24) is 15.3 Å². The molecule has 1 unspecified atom stereocenters. The monoisotopic (exact) mass is 517 g/mol. The molecule has 1 amide bonds. The number of aryl methyl sites for hydroxylation is 1. The minimum atomic E-state index is -0.433. The number of esters is 1. The fourth-order valence-corrected chi connectivity index (χ4v) is 4.92. The number of anilines is 3. The zero-order chi connectivity index (χ0) is 26.6. The van der Waals surface area contributed by atoms with E-state index < -0.39 is 5.97 Å². The van der Waals surface area contributed by atoms with Crippen LogP contribution in [-0.4, -0.2) is 62.3 Å². The summed E-state index contributed by atoms with van der Waals surface area (Å²) in [6.45, 7) is 1.35. The summed E-state index contributed by atoms with van der Waals surface area (Å²) in [6, 6.07) is 12.1. The number of amides is 1. The van der Waals surface area contributed by atoms with Crippen LogP contribution in [0.25, 0.3) is 0 Å². The van der Waals surface area contributed by atoms with Crippen LogP contribution in [-0.2, 0) is 17.6 Å². The molecule has 1 aliphatic carbocycles. The van der Waals surface area contributed by atoms with Crippen molar-refractivity contribution in [2.45, 2.75) is 31.7 Å². The molecule has 2 aromatic carbocycles. The number of carbonyl (C=O) groups is 2. The molecule has 1 fully saturated rings. The number of fused-ring (bicyclic) bond motifs is 1. The van der Waals surface area contributed by atoms with Gasteiger partial charge in [0, 0.05) is 42.0 Å². The number of hydrogen-bond acceptors (Lipinski definition) is 9. The van der Waals surface area contributed by atoms with Crippen molar-refractivity contribution >= 4 is 29.3 Å². The number of ether oxygens (including phenoxy) is 3. The van der Waals surface area contributed by atoms with Gasteiger partial charge in [-0.05, 0) is 62.1 Å². The molecular formula is C28H31N5O5. The Morgan fingerprint density at radius 1 is 0.947 bits per heavy atom. The van der Waals surface area contributed by atoms with E-state index in [1.165, 1.54) is 7.11 Å². The highest BCUT2D eigenvalue weighted by Gasteiger charge is 2.28. The maximum absolute atomic E-state index is 12.8. The Bertz CT molecular complexity index is 1340. The summed E-state index contributed by atoms with van der Waals surface area (Å²) in [7, 11) is 4.55. The normalized spacial score (nSPS) is 16.1. The van der Waals surface area contributed by atoms with E-state index >= 15 is 0 Å². The molecule has 0 spiro atoms. The lowest BCUT2D eigenvalue weighted by Gasteiger charge is -2.20. The molecule has 0 radical (unpaired) electrons. The summed E-state index contributed by atoms with van der Waals surface area (Å²) < 4.78 is 15.5. The van der Waals surface area contributed by atoms with Crippen molar-refractivity contribution in [1.29, 1.82) is 0 Å². The lowest BCUT2D eigenvalue weighted by Crippen LogP contribution is -2.37. The summed E-state index contributed by atoms with van der Waals surface area (Å²) in [5.41, 5.74) is 3.96. The molecule has 5 rings (SSSR count). The predicted octanol–water partition coefficient (Wildman–Crippen LogP) is 3.52. The quantitative estimate of drug-likeness (QED) is 0.433. The van der Waals surface area contributed by atoms with E-state index in [0.29, 0.717) is 35.1 Å². The van der Waals surface area contributed by atoms with Crippen molar-refractivity contribution in [3.63, 3.8) is 0 Å². The van der Waals surface area contributed by atoms with Crippen LogP contribution in [0.15, 0.2) is 42.5 Å². The van der Waals surface area contributed by atoms with E-state index in [9.17, 15) is 9.59 Å². The average Bonchev–Trinajstić information content (AvgIpc) is 3.62. The summed E-state index contributed by atoms with van der Waals surface area (Å²) >= 11 is 0. The highest BCUT2D eigenvalue weighted by molar-refractivity contribution is 5.96. The Morgan fingerprint density at radius 2 is 1.71 bits per heavy atom. The second-order valence-corrected chi connectivity index (χ2v) is 9.32. The molecule has 10 heteroatoms. The van der Waals surface area contributed by atoms with Crippen molar-refractivity contribution in [3.8, 4) is 11.5 Å². The van der Waals surface area contributed by atoms with E-state index in [-0.39, 0.29) is 11.9 Å². The van der Waals surface area contributed by atoms with Crippen molar-refractivity contribution in [2.24, 2.45) is 0 Å². The van der Waals surface area contributed by atoms with Gasteiger partial charge in [-0.3, -0.25) is 4.79 Å². The third kappa shape index (κ3) is 5.20. The largest absolute Gasteiger partial charge is 0.493 e. The van der Waals surface area contributed by atoms with Gasteiger partial charge in [0.15, 0.2) is 11.5 Å². The van der Waals surface area contributed by atoms with Crippen molar-refractivity contribution in [2.75, 3.05) is 44.6 Å². The fourth-order valence-electron chi connectivity index (χ4n) is 4.92. The SMILES string of the molecule is COC(=O)c1ccc(C(=O)NC2CCN(c3nc4c(c(Nc5ccc(OC)c(OC)c5)n3)CCC4)C2)cc1. The Balaban J connectivity index is 1.29. The average molecular weight is 518 g/mol. The van der Waals surface area contributed by atoms with Gasteiger partial charge in [0.05, 0.1) is 32.6 Å². The predicted molar refractivity (Wildman–Crippen MR) is 143 cm³/mol. The molecule has 38 heavy (non-hydrogen) atoms. The smallest absolute Gasteiger partial charge is 0.337 e. The lowest BCUT2D eigenvalue weighted by atomic mass is 10.1. The first-order valence-electron chi connectivity index (χ1n) is 12.6. The lowest BCUT2D eigenvalue weighted by molar-refractivity contribution is 0.0600. The van der Waals surface area contributed by atoms with Gasteiger partial charge in [-0.1, -0.05) is 0 Å². The van der Waals surface area contributed by atoms with E-state index in [2.05, 4.69) is 15.5 Å². The van der Waals surface area contributed by atoms with E-state index in [1.54, 1.807) is 38.5 Å². The Hall–Kier alpha value is -4.34. The van der Waals surface area contributed by atoms with E-state index in [0.717, 1.165) is 55.0 Å². The molecule has 198 valence electrons. The number of nitrogens with zero attached hydrogens (tertiary/aromatic N) is 3. The first kappa shape index (κ1) is 25.3. The van der Waals surface area contributed by atoms with Gasteiger partial charge in [-0.25, -0.2) is 9.78 Å². The molecular weight excluding hydrogens is 486 g/mol. The maximum atomic E-state index is 12.8. The highest BCUT2D eigenvalue weighted by Crippen LogP contribution is 2.34. The van der Waals surface area contributed by atoms with Gasteiger partial charge >= 0.3 is 5.97 Å². The molecule has 2 heterocycles. The number of rotatable bonds is 8. The minimum Gasteiger partial charge on any atom is -0.493 e. The van der Waals surface area contributed by atoms with Crippen LogP contribution in [0.4, 0.5) is 17.5 Å². The summed E-state index contributed by atoms with van der Waals surface area (Å²) in [5, 5.41) is 6.55. The molecule has 2 N–H and O–H groups in total. The first-order valence-corrected chi connectivity index (χ1v) is 12.6. The van der Waals surface area contributed by atoms with Crippen LogP contribution < -0.4 is 25.0 Å². The van der Waals surface area contributed by atoms with Crippen LogP contribution >= 0.6 is 0 Å². The highest BCUT2D eigenvalue weighted by atomic mass is 16.5. The number of aromatic nitrogens is 2. The number of methoxy groups -OCH3 is 3. The van der Waals surface area contributed by atoms with E-state index in [4.69, 9.17) is 24.2 Å². The van der Waals surface area contributed by atoms with Gasteiger partial charge in [0.1, 0.15) is 5.82 Å². The van der Waals surface area contributed by atoms with Gasteiger partial charge in [0.25, 0.3) is 5.91 Å². The van der Waals surface area contributed by atoms with Crippen LogP contribution in [0.5, 0.6) is 11.5 Å². The van der Waals surface area contributed by atoms with E-state index in [1.807, 2.05) is 18.2 Å². The van der Waals surface area contributed by atoms with Gasteiger partial charge in [-0.2, -0.15) is 4.98 Å². The molecule has 1 atom stereocenters. The number of hydrogen-bond donors (Lipinski definition) is 2. The zero-order valence-electron chi connectivity index (χ0n) is 21.7. The van der Waals surface area contributed by atoms with Crippen LogP contribution in [0.2, 0.25) is 0 Å². The first-order chi connectivity index (χ1) is 18.5. The molecule has 2 aliphatic rings. The van der Waals surface area contributed by atoms with Gasteiger partial charge in [0.2, 0.25) is 5.95 Å². The minimum absolute atomic E-state index is 0.0399. The molecule has 1 aliphatic heterocycles. The van der Waals surface area contributed by atoms with Crippen LogP contribution in [0.1, 0.15) is 44.8 Å². The topological polar surface area (TPSA) is 115 Å². The second-order valence-electron chi connectivity index (χ2n) is 9.32. The molecule has 0 saturated carbocycles. The second kappa shape index (κ2) is 11.0. The maximum Gasteiger partial charge on any atom is 0.337 e. The molecule has 10 nitrogen and oxygen atoms in total. The zero-order valence-corrected chi connectivity index (χ0v) is 21.7. The Kier molecular flexibility index (Phi) is 7.30. The third-order valence-corrected chi connectivity index (χ3v) is 6.94. The summed E-state index contributed by atoms with van der Waals surface area (Å²) in [6.07, 6.45) is 3.67. The molecule has 0 bridgehead atoms. The Labute approximate surface area is 221 Å². The van der Waals surface area contributed by atoms with Gasteiger partial charge in [-0.15, -0.1) is 0 Å². The van der Waals surface area contributed by atoms with Crippen LogP contribution in [0.3, 0.4) is 0 Å². The summed E-state index contributed by atoms with van der Waals surface area (Å²) in [4.78, 5) is 36.3. The van der Waals surface area contributed by atoms with Crippen molar-refractivity contribution in [3.05, 3.63) is 64.8 Å². The fraction of sp³-hybridized carbons (Fsp3) is 0.357. The number of nitrogens with one attached hydrogen (secondary N) is 2. The van der Waals surface area contributed by atoms with Crippen LogP contribution in [0, 0.1) is 0 Å².